The number of likely N-dealkylation sites (N-methyl/N-ethyl adjacent to an activating group) is 1. The van der Waals surface area contributed by atoms with E-state index in [4.69, 9.17) is 9.84 Å². The van der Waals surface area contributed by atoms with E-state index in [1.54, 1.807) is 6.07 Å². The van der Waals surface area contributed by atoms with Crippen molar-refractivity contribution in [2.45, 2.75) is 17.9 Å². The Bertz CT molecular complexity index is 587. The lowest BCUT2D eigenvalue weighted by molar-refractivity contribution is -0.140. The van der Waals surface area contributed by atoms with Gasteiger partial charge in [-0.1, -0.05) is 15.9 Å². The number of carbonyl (C=O) groups is 1. The van der Waals surface area contributed by atoms with Gasteiger partial charge in [0.2, 0.25) is 10.0 Å². The van der Waals surface area contributed by atoms with Gasteiger partial charge in [-0.25, -0.2) is 8.42 Å². The molecule has 19 heavy (non-hydrogen) atoms. The van der Waals surface area contributed by atoms with Crippen molar-refractivity contribution in [1.29, 1.82) is 0 Å². The zero-order chi connectivity index (χ0) is 14.8. The minimum atomic E-state index is -3.90. The predicted octanol–water partition coefficient (Wildman–Crippen LogP) is 1.55. The number of hydrogen-bond acceptors (Lipinski definition) is 4. The highest BCUT2D eigenvalue weighted by Crippen LogP contribution is 2.26. The number of ether oxygens (including phenoxy) is 1. The van der Waals surface area contributed by atoms with Crippen molar-refractivity contribution in [3.8, 4) is 5.75 Å². The molecule has 0 aliphatic carbocycles. The summed E-state index contributed by atoms with van der Waals surface area (Å²) in [6, 6.07) is 3.18. The summed E-state index contributed by atoms with van der Waals surface area (Å²) in [6.45, 7) is 1.30. The fourth-order valence-electron chi connectivity index (χ4n) is 1.33. The summed E-state index contributed by atoms with van der Waals surface area (Å²) in [5.74, 6) is -0.850. The van der Waals surface area contributed by atoms with E-state index in [0.29, 0.717) is 10.2 Å². The summed E-state index contributed by atoms with van der Waals surface area (Å²) >= 11 is 3.18. The van der Waals surface area contributed by atoms with Crippen LogP contribution in [-0.2, 0) is 14.8 Å². The first-order chi connectivity index (χ1) is 8.70. The van der Waals surface area contributed by atoms with E-state index in [-0.39, 0.29) is 4.90 Å². The van der Waals surface area contributed by atoms with Gasteiger partial charge in [-0.15, -0.1) is 0 Å². The van der Waals surface area contributed by atoms with Crippen LogP contribution in [0.5, 0.6) is 5.75 Å². The first kappa shape index (κ1) is 15.9. The average molecular weight is 352 g/mol. The molecule has 0 saturated carbocycles. The molecule has 106 valence electrons. The molecule has 0 radical (unpaired) electrons. The van der Waals surface area contributed by atoms with Crippen LogP contribution in [0.4, 0.5) is 0 Å². The third-order valence-corrected chi connectivity index (χ3v) is 5.02. The Morgan fingerprint density at radius 3 is 2.47 bits per heavy atom. The van der Waals surface area contributed by atoms with Crippen molar-refractivity contribution < 1.29 is 23.1 Å². The van der Waals surface area contributed by atoms with Crippen LogP contribution in [0.2, 0.25) is 0 Å². The van der Waals surface area contributed by atoms with Gasteiger partial charge in [-0.3, -0.25) is 4.79 Å². The Morgan fingerprint density at radius 2 is 2.00 bits per heavy atom. The molecule has 0 aliphatic heterocycles. The number of aliphatic carboxylic acids is 1. The van der Waals surface area contributed by atoms with Crippen LogP contribution in [0.1, 0.15) is 6.92 Å². The second-order valence-electron chi connectivity index (χ2n) is 3.86. The quantitative estimate of drug-likeness (QED) is 0.869. The summed E-state index contributed by atoms with van der Waals surface area (Å²) < 4.78 is 30.9. The van der Waals surface area contributed by atoms with Gasteiger partial charge in [0.05, 0.1) is 12.0 Å². The summed E-state index contributed by atoms with van der Waals surface area (Å²) in [5.41, 5.74) is 0. The number of carboxylic acids is 1. The van der Waals surface area contributed by atoms with Crippen molar-refractivity contribution in [3.63, 3.8) is 0 Å². The summed E-state index contributed by atoms with van der Waals surface area (Å²) in [5, 5.41) is 8.88. The van der Waals surface area contributed by atoms with Crippen molar-refractivity contribution in [3.05, 3.63) is 22.7 Å². The first-order valence-electron chi connectivity index (χ1n) is 5.25. The zero-order valence-electron chi connectivity index (χ0n) is 10.6. The highest BCUT2D eigenvalue weighted by atomic mass is 79.9. The van der Waals surface area contributed by atoms with Crippen LogP contribution in [-0.4, -0.2) is 44.0 Å². The molecule has 0 amide bonds. The Kier molecular flexibility index (Phi) is 4.94. The number of halogens is 1. The SMILES string of the molecule is COc1cc(Br)cc(S(=O)(=O)N(C)C(C)C(=O)O)c1. The van der Waals surface area contributed by atoms with E-state index in [2.05, 4.69) is 15.9 Å². The maximum atomic E-state index is 12.3. The maximum absolute atomic E-state index is 12.3. The molecule has 1 N–H and O–H groups in total. The number of benzene rings is 1. The molecule has 0 saturated heterocycles. The molecule has 0 fully saturated rings. The Labute approximate surface area is 120 Å². The Hall–Kier alpha value is -1.12. The Balaban J connectivity index is 3.27. The lowest BCUT2D eigenvalue weighted by Crippen LogP contribution is -2.40. The fourth-order valence-corrected chi connectivity index (χ4v) is 3.34. The van der Waals surface area contributed by atoms with Crippen LogP contribution in [0.15, 0.2) is 27.6 Å². The number of methoxy groups -OCH3 is 1. The second kappa shape index (κ2) is 5.89. The molecule has 8 heteroatoms. The summed E-state index contributed by atoms with van der Waals surface area (Å²) in [4.78, 5) is 10.8. The van der Waals surface area contributed by atoms with Crippen LogP contribution >= 0.6 is 15.9 Å². The monoisotopic (exact) mass is 351 g/mol. The standard InChI is InChI=1S/C11H14BrNO5S/c1-7(11(14)15)13(2)19(16,17)10-5-8(12)4-9(6-10)18-3/h4-7H,1-3H3,(H,14,15). The third-order valence-electron chi connectivity index (χ3n) is 2.66. The largest absolute Gasteiger partial charge is 0.497 e. The lowest BCUT2D eigenvalue weighted by atomic mass is 10.3. The molecule has 0 spiro atoms. The molecular weight excluding hydrogens is 338 g/mol. The topological polar surface area (TPSA) is 83.9 Å². The van der Waals surface area contributed by atoms with Gasteiger partial charge in [-0.2, -0.15) is 4.31 Å². The van der Waals surface area contributed by atoms with Crippen molar-refractivity contribution >= 4 is 31.9 Å². The van der Waals surface area contributed by atoms with Crippen LogP contribution in [0, 0.1) is 0 Å². The molecule has 1 atom stereocenters. The number of hydrogen-bond donors (Lipinski definition) is 1. The molecule has 1 aromatic carbocycles. The molecule has 0 heterocycles. The highest BCUT2D eigenvalue weighted by Gasteiger charge is 2.29. The average Bonchev–Trinajstić information content (AvgIpc) is 2.35. The number of rotatable bonds is 5. The van der Waals surface area contributed by atoms with Gasteiger partial charge in [0.25, 0.3) is 0 Å². The van der Waals surface area contributed by atoms with Crippen molar-refractivity contribution in [2.24, 2.45) is 0 Å². The summed E-state index contributed by atoms with van der Waals surface area (Å²) in [7, 11) is -1.25. The molecule has 0 aliphatic rings. The normalized spacial score (nSPS) is 13.3. The van der Waals surface area contributed by atoms with Crippen LogP contribution in [0.3, 0.4) is 0 Å². The van der Waals surface area contributed by atoms with Crippen molar-refractivity contribution in [2.75, 3.05) is 14.2 Å². The van der Waals surface area contributed by atoms with E-state index in [1.165, 1.54) is 33.2 Å². The fraction of sp³-hybridized carbons (Fsp3) is 0.364. The molecular formula is C11H14BrNO5S. The summed E-state index contributed by atoms with van der Waals surface area (Å²) in [6.07, 6.45) is 0. The van der Waals surface area contributed by atoms with E-state index in [0.717, 1.165) is 4.31 Å². The van der Waals surface area contributed by atoms with E-state index in [1.807, 2.05) is 0 Å². The molecule has 1 aromatic rings. The molecule has 0 bridgehead atoms. The minimum Gasteiger partial charge on any atom is -0.497 e. The predicted molar refractivity (Wildman–Crippen MR) is 72.7 cm³/mol. The third kappa shape index (κ3) is 3.46. The molecule has 1 rings (SSSR count). The maximum Gasteiger partial charge on any atom is 0.321 e. The molecule has 6 nitrogen and oxygen atoms in total. The number of sulfonamides is 1. The van der Waals surface area contributed by atoms with Crippen LogP contribution in [0.25, 0.3) is 0 Å². The minimum absolute atomic E-state index is 0.0330. The first-order valence-corrected chi connectivity index (χ1v) is 7.49. The van der Waals surface area contributed by atoms with E-state index >= 15 is 0 Å². The van der Waals surface area contributed by atoms with E-state index < -0.39 is 22.0 Å². The van der Waals surface area contributed by atoms with Gasteiger partial charge in [0.1, 0.15) is 11.8 Å². The van der Waals surface area contributed by atoms with Gasteiger partial charge in [-0.05, 0) is 19.1 Å². The van der Waals surface area contributed by atoms with Crippen LogP contribution < -0.4 is 4.74 Å². The van der Waals surface area contributed by atoms with Gasteiger partial charge < -0.3 is 9.84 Å². The smallest absolute Gasteiger partial charge is 0.321 e. The van der Waals surface area contributed by atoms with Gasteiger partial charge >= 0.3 is 5.97 Å². The lowest BCUT2D eigenvalue weighted by Gasteiger charge is -2.21. The zero-order valence-corrected chi connectivity index (χ0v) is 13.0. The Morgan fingerprint density at radius 1 is 1.42 bits per heavy atom. The number of nitrogens with zero attached hydrogens (tertiary/aromatic N) is 1. The van der Waals surface area contributed by atoms with Crippen molar-refractivity contribution in [1.82, 2.24) is 4.31 Å². The highest BCUT2D eigenvalue weighted by molar-refractivity contribution is 9.10. The van der Waals surface area contributed by atoms with Gasteiger partial charge in [0, 0.05) is 17.6 Å². The molecule has 0 aromatic heterocycles. The second-order valence-corrected chi connectivity index (χ2v) is 6.78. The van der Waals surface area contributed by atoms with E-state index in [9.17, 15) is 13.2 Å². The molecule has 1 unspecified atom stereocenters. The van der Waals surface area contributed by atoms with Gasteiger partial charge in [0.15, 0.2) is 0 Å². The number of carboxylic acid groups (broad SMARTS) is 1.